The van der Waals surface area contributed by atoms with Crippen LogP contribution in [0.3, 0.4) is 0 Å². The number of rotatable bonds is 3. The summed E-state index contributed by atoms with van der Waals surface area (Å²) < 4.78 is 39.5. The van der Waals surface area contributed by atoms with E-state index < -0.39 is 11.7 Å². The molecule has 1 nitrogen and oxygen atoms in total. The first-order chi connectivity index (χ1) is 8.88. The first-order valence-corrected chi connectivity index (χ1v) is 7.22. The highest BCUT2D eigenvalue weighted by Gasteiger charge is 2.33. The average Bonchev–Trinajstić information content (AvgIpc) is 2.75. The molecule has 1 unspecified atom stereocenters. The Bertz CT molecular complexity index is 565. The fourth-order valence-electron chi connectivity index (χ4n) is 1.72. The Morgan fingerprint density at radius 2 is 1.95 bits per heavy atom. The summed E-state index contributed by atoms with van der Waals surface area (Å²) in [4.78, 5) is 0.976. The molecule has 0 saturated heterocycles. The number of benzene rings is 1. The molecule has 1 heterocycles. The van der Waals surface area contributed by atoms with Crippen molar-refractivity contribution in [2.24, 2.45) is 0 Å². The van der Waals surface area contributed by atoms with Gasteiger partial charge >= 0.3 is 6.18 Å². The maximum Gasteiger partial charge on any atom is 0.418 e. The third kappa shape index (κ3) is 3.51. The van der Waals surface area contributed by atoms with E-state index in [0.717, 1.165) is 15.4 Å². The molecule has 0 saturated carbocycles. The molecule has 0 radical (unpaired) electrons. The third-order valence-corrected chi connectivity index (χ3v) is 4.50. The first kappa shape index (κ1) is 14.4. The molecule has 19 heavy (non-hydrogen) atoms. The van der Waals surface area contributed by atoms with Crippen molar-refractivity contribution in [3.63, 3.8) is 0 Å². The molecule has 0 spiro atoms. The molecule has 0 fully saturated rings. The number of alkyl halides is 3. The van der Waals surface area contributed by atoms with Crippen LogP contribution in [0.4, 0.5) is 18.9 Å². The monoisotopic (exact) mass is 349 g/mol. The second-order valence-electron chi connectivity index (χ2n) is 4.08. The smallest absolute Gasteiger partial charge is 0.377 e. The molecule has 2 rings (SSSR count). The van der Waals surface area contributed by atoms with Crippen molar-refractivity contribution >= 4 is 33.0 Å². The molecule has 1 atom stereocenters. The highest BCUT2D eigenvalue weighted by molar-refractivity contribution is 9.10. The Morgan fingerprint density at radius 3 is 2.53 bits per heavy atom. The Kier molecular flexibility index (Phi) is 4.20. The predicted molar refractivity (Wildman–Crippen MR) is 75.5 cm³/mol. The van der Waals surface area contributed by atoms with E-state index in [0.29, 0.717) is 0 Å². The van der Waals surface area contributed by atoms with Crippen molar-refractivity contribution in [2.75, 3.05) is 5.32 Å². The number of anilines is 1. The highest BCUT2D eigenvalue weighted by Crippen LogP contribution is 2.36. The molecule has 0 aliphatic heterocycles. The Morgan fingerprint density at radius 1 is 1.26 bits per heavy atom. The molecule has 0 bridgehead atoms. The van der Waals surface area contributed by atoms with Crippen LogP contribution in [0.5, 0.6) is 0 Å². The van der Waals surface area contributed by atoms with Crippen LogP contribution in [0.1, 0.15) is 23.4 Å². The van der Waals surface area contributed by atoms with Gasteiger partial charge in [-0.05, 0) is 41.1 Å². The van der Waals surface area contributed by atoms with Crippen molar-refractivity contribution in [1.82, 2.24) is 0 Å². The fraction of sp³-hybridized carbons (Fsp3) is 0.231. The van der Waals surface area contributed by atoms with Crippen molar-refractivity contribution in [2.45, 2.75) is 19.1 Å². The zero-order valence-corrected chi connectivity index (χ0v) is 12.4. The predicted octanol–water partition coefficient (Wildman–Crippen LogP) is 5.70. The lowest BCUT2D eigenvalue weighted by molar-refractivity contribution is -0.137. The molecular formula is C13H11BrF3NS. The summed E-state index contributed by atoms with van der Waals surface area (Å²) >= 11 is 4.83. The van der Waals surface area contributed by atoms with Crippen LogP contribution < -0.4 is 5.32 Å². The van der Waals surface area contributed by atoms with Crippen LogP contribution in [0.25, 0.3) is 0 Å². The fourth-order valence-corrected chi connectivity index (χ4v) is 3.17. The molecule has 1 aromatic carbocycles. The molecule has 0 aliphatic rings. The average molecular weight is 350 g/mol. The van der Waals surface area contributed by atoms with E-state index in [9.17, 15) is 13.2 Å². The molecule has 102 valence electrons. The molecule has 0 aliphatic carbocycles. The van der Waals surface area contributed by atoms with E-state index in [-0.39, 0.29) is 11.7 Å². The first-order valence-electron chi connectivity index (χ1n) is 5.54. The molecule has 2 aromatic rings. The Hall–Kier alpha value is -1.01. The van der Waals surface area contributed by atoms with E-state index in [1.807, 2.05) is 18.4 Å². The SMILES string of the molecule is CC(Nc1ccccc1C(F)(F)F)c1cc(Br)cs1. The Labute approximate surface area is 121 Å². The number of thiophene rings is 1. The van der Waals surface area contributed by atoms with Gasteiger partial charge in [-0.25, -0.2) is 0 Å². The van der Waals surface area contributed by atoms with Crippen molar-refractivity contribution in [3.05, 3.63) is 50.6 Å². The number of para-hydroxylation sites is 1. The summed E-state index contributed by atoms with van der Waals surface area (Å²) in [6.07, 6.45) is -4.35. The van der Waals surface area contributed by atoms with Crippen molar-refractivity contribution in [3.8, 4) is 0 Å². The van der Waals surface area contributed by atoms with Gasteiger partial charge < -0.3 is 5.32 Å². The molecule has 0 amide bonds. The third-order valence-electron chi connectivity index (χ3n) is 2.62. The number of nitrogens with one attached hydrogen (secondary N) is 1. The van der Waals surface area contributed by atoms with Gasteiger partial charge in [-0.15, -0.1) is 11.3 Å². The second-order valence-corrected chi connectivity index (χ2v) is 5.94. The van der Waals surface area contributed by atoms with E-state index in [2.05, 4.69) is 21.2 Å². The van der Waals surface area contributed by atoms with Gasteiger partial charge in [0, 0.05) is 20.4 Å². The van der Waals surface area contributed by atoms with Gasteiger partial charge in [0.15, 0.2) is 0 Å². The molecular weight excluding hydrogens is 339 g/mol. The highest BCUT2D eigenvalue weighted by atomic mass is 79.9. The number of hydrogen-bond acceptors (Lipinski definition) is 2. The zero-order valence-electron chi connectivity index (χ0n) is 9.96. The van der Waals surface area contributed by atoms with Gasteiger partial charge in [-0.2, -0.15) is 13.2 Å². The van der Waals surface area contributed by atoms with E-state index >= 15 is 0 Å². The number of hydrogen-bond donors (Lipinski definition) is 1. The van der Waals surface area contributed by atoms with Gasteiger partial charge in [-0.1, -0.05) is 12.1 Å². The topological polar surface area (TPSA) is 12.0 Å². The summed E-state index contributed by atoms with van der Waals surface area (Å²) in [6.45, 7) is 1.84. The summed E-state index contributed by atoms with van der Waals surface area (Å²) in [5, 5.41) is 4.82. The lowest BCUT2D eigenvalue weighted by atomic mass is 10.1. The van der Waals surface area contributed by atoms with Crippen LogP contribution in [0.15, 0.2) is 40.2 Å². The van der Waals surface area contributed by atoms with Gasteiger partial charge in [0.05, 0.1) is 11.6 Å². The minimum absolute atomic E-state index is 0.104. The van der Waals surface area contributed by atoms with Crippen LogP contribution in [0, 0.1) is 0 Å². The standard InChI is InChI=1S/C13H11BrF3NS/c1-8(12-6-9(14)7-19-12)18-11-5-3-2-4-10(11)13(15,16)17/h2-8,18H,1H3. The second kappa shape index (κ2) is 5.54. The summed E-state index contributed by atoms with van der Waals surface area (Å²) in [5.74, 6) is 0. The van der Waals surface area contributed by atoms with Crippen LogP contribution in [-0.2, 0) is 6.18 Å². The Balaban J connectivity index is 2.24. The molecule has 6 heteroatoms. The minimum Gasteiger partial charge on any atom is -0.377 e. The van der Waals surface area contributed by atoms with Crippen LogP contribution >= 0.6 is 27.3 Å². The normalized spacial score (nSPS) is 13.3. The van der Waals surface area contributed by atoms with Crippen LogP contribution in [-0.4, -0.2) is 0 Å². The van der Waals surface area contributed by atoms with Crippen LogP contribution in [0.2, 0.25) is 0 Å². The molecule has 1 aromatic heterocycles. The maximum absolute atomic E-state index is 12.9. The minimum atomic E-state index is -4.35. The van der Waals surface area contributed by atoms with E-state index in [1.54, 1.807) is 6.07 Å². The van der Waals surface area contributed by atoms with Gasteiger partial charge in [-0.3, -0.25) is 0 Å². The van der Waals surface area contributed by atoms with Crippen molar-refractivity contribution < 1.29 is 13.2 Å². The van der Waals surface area contributed by atoms with Gasteiger partial charge in [0.1, 0.15) is 0 Å². The van der Waals surface area contributed by atoms with E-state index in [4.69, 9.17) is 0 Å². The lowest BCUT2D eigenvalue weighted by Crippen LogP contribution is -2.12. The largest absolute Gasteiger partial charge is 0.418 e. The molecule has 1 N–H and O–H groups in total. The number of halogens is 4. The van der Waals surface area contributed by atoms with E-state index in [1.165, 1.54) is 23.5 Å². The van der Waals surface area contributed by atoms with Gasteiger partial charge in [0.25, 0.3) is 0 Å². The van der Waals surface area contributed by atoms with Crippen molar-refractivity contribution in [1.29, 1.82) is 0 Å². The maximum atomic E-state index is 12.9. The van der Waals surface area contributed by atoms with Gasteiger partial charge in [0.2, 0.25) is 0 Å². The summed E-state index contributed by atoms with van der Waals surface area (Å²) in [5.41, 5.74) is -0.538. The summed E-state index contributed by atoms with van der Waals surface area (Å²) in [6, 6.07) is 7.23. The quantitative estimate of drug-likeness (QED) is 0.748. The zero-order chi connectivity index (χ0) is 14.0. The summed E-state index contributed by atoms with van der Waals surface area (Å²) in [7, 11) is 0. The lowest BCUT2D eigenvalue weighted by Gasteiger charge is -2.18.